The van der Waals surface area contributed by atoms with Crippen LogP contribution in [0.4, 0.5) is 4.39 Å². The number of hydrogen-bond donors (Lipinski definition) is 1. The molecule has 0 bridgehead atoms. The molecule has 0 unspecified atom stereocenters. The first-order valence-electron chi connectivity index (χ1n) is 5.65. The van der Waals surface area contributed by atoms with Crippen LogP contribution in [-0.4, -0.2) is 20.6 Å². The molecular formula is C13H12FNO3S2. The molecule has 4 nitrogen and oxygen atoms in total. The zero-order valence-corrected chi connectivity index (χ0v) is 12.4. The van der Waals surface area contributed by atoms with Gasteiger partial charge >= 0.3 is 0 Å². The Morgan fingerprint density at radius 1 is 1.25 bits per heavy atom. The van der Waals surface area contributed by atoms with Gasteiger partial charge in [-0.3, -0.25) is 4.79 Å². The highest BCUT2D eigenvalue weighted by Crippen LogP contribution is 2.31. The molecular weight excluding hydrogens is 301 g/mol. The Bertz CT molecular complexity index is 748. The van der Waals surface area contributed by atoms with E-state index < -0.39 is 15.9 Å². The molecule has 20 heavy (non-hydrogen) atoms. The van der Waals surface area contributed by atoms with Gasteiger partial charge < -0.3 is 0 Å². The lowest BCUT2D eigenvalue weighted by molar-refractivity contribution is 0.0985. The highest BCUT2D eigenvalue weighted by atomic mass is 32.2. The number of carbonyl (C=O) groups excluding carboxylic acids is 1. The molecule has 0 saturated carbocycles. The topological polar surface area (TPSA) is 63.2 Å². The Kier molecular flexibility index (Phi) is 3.92. The number of nitrogens with one attached hydrogen (secondary N) is 1. The number of sulfonamides is 1. The summed E-state index contributed by atoms with van der Waals surface area (Å²) in [4.78, 5) is 12.9. The minimum atomic E-state index is -3.59. The summed E-state index contributed by atoms with van der Waals surface area (Å²) in [5, 5.41) is 0. The standard InChI is InChI=1S/C13H12FNO3S2/c1-8-11(9-3-5-10(14)6-4-9)7-12(19-8)13(16)15-20(2,17)18/h3-7H,1-2H3,(H,15,16). The first-order chi connectivity index (χ1) is 9.26. The molecule has 1 amide bonds. The molecule has 0 aliphatic rings. The first kappa shape index (κ1) is 14.7. The monoisotopic (exact) mass is 313 g/mol. The molecule has 0 spiro atoms. The second-order valence-corrected chi connectivity index (χ2v) is 7.30. The minimum absolute atomic E-state index is 0.298. The SMILES string of the molecule is Cc1sc(C(=O)NS(C)(=O)=O)cc1-c1ccc(F)cc1. The highest BCUT2D eigenvalue weighted by molar-refractivity contribution is 7.89. The van der Waals surface area contributed by atoms with Gasteiger partial charge in [0.25, 0.3) is 5.91 Å². The van der Waals surface area contributed by atoms with Crippen LogP contribution in [0.15, 0.2) is 30.3 Å². The Morgan fingerprint density at radius 2 is 1.85 bits per heavy atom. The second kappa shape index (κ2) is 5.34. The molecule has 1 N–H and O–H groups in total. The molecule has 2 rings (SSSR count). The van der Waals surface area contributed by atoms with Crippen molar-refractivity contribution in [2.45, 2.75) is 6.92 Å². The maximum absolute atomic E-state index is 12.9. The average molecular weight is 313 g/mol. The van der Waals surface area contributed by atoms with E-state index in [9.17, 15) is 17.6 Å². The lowest BCUT2D eigenvalue weighted by Crippen LogP contribution is -2.28. The molecule has 106 valence electrons. The van der Waals surface area contributed by atoms with E-state index in [1.165, 1.54) is 23.5 Å². The van der Waals surface area contributed by atoms with Crippen LogP contribution >= 0.6 is 11.3 Å². The van der Waals surface area contributed by atoms with Gasteiger partial charge in [0.1, 0.15) is 5.82 Å². The normalized spacial score (nSPS) is 11.3. The number of rotatable bonds is 3. The van der Waals surface area contributed by atoms with Crippen LogP contribution in [0.3, 0.4) is 0 Å². The number of amides is 1. The largest absolute Gasteiger partial charge is 0.274 e. The molecule has 7 heteroatoms. The summed E-state index contributed by atoms with van der Waals surface area (Å²) in [6, 6.07) is 7.50. The number of thiophene rings is 1. The van der Waals surface area contributed by atoms with Crippen LogP contribution < -0.4 is 4.72 Å². The summed E-state index contributed by atoms with van der Waals surface area (Å²) in [6.45, 7) is 1.82. The van der Waals surface area contributed by atoms with Gasteiger partial charge in [-0.15, -0.1) is 11.3 Å². The third kappa shape index (κ3) is 3.43. The quantitative estimate of drug-likeness (QED) is 0.947. The van der Waals surface area contributed by atoms with Crippen molar-refractivity contribution in [1.82, 2.24) is 4.72 Å². The smallest absolute Gasteiger partial charge is 0.267 e. The molecule has 0 radical (unpaired) electrons. The van der Waals surface area contributed by atoms with E-state index in [0.717, 1.165) is 22.3 Å². The maximum atomic E-state index is 12.9. The third-order valence-electron chi connectivity index (χ3n) is 2.57. The summed E-state index contributed by atoms with van der Waals surface area (Å²) >= 11 is 1.19. The molecule has 0 atom stereocenters. The van der Waals surface area contributed by atoms with Crippen molar-refractivity contribution in [3.8, 4) is 11.1 Å². The summed E-state index contributed by atoms with van der Waals surface area (Å²) < 4.78 is 36.9. The van der Waals surface area contributed by atoms with Crippen LogP contribution in [0.2, 0.25) is 0 Å². The van der Waals surface area contributed by atoms with Crippen LogP contribution in [0.1, 0.15) is 14.5 Å². The van der Waals surface area contributed by atoms with E-state index in [1.54, 1.807) is 18.2 Å². The Hall–Kier alpha value is -1.73. The molecule has 2 aromatic rings. The van der Waals surface area contributed by atoms with Gasteiger partial charge in [0, 0.05) is 4.88 Å². The fraction of sp³-hybridized carbons (Fsp3) is 0.154. The Morgan fingerprint density at radius 3 is 2.40 bits per heavy atom. The number of benzene rings is 1. The Balaban J connectivity index is 2.35. The zero-order chi connectivity index (χ0) is 14.9. The average Bonchev–Trinajstić information content (AvgIpc) is 2.70. The molecule has 0 saturated heterocycles. The molecule has 1 aromatic carbocycles. The third-order valence-corrected chi connectivity index (χ3v) is 4.18. The Labute approximate surface area is 120 Å². The lowest BCUT2D eigenvalue weighted by Gasteiger charge is -1.99. The van der Waals surface area contributed by atoms with Gasteiger partial charge in [-0.2, -0.15) is 0 Å². The van der Waals surface area contributed by atoms with E-state index in [-0.39, 0.29) is 5.82 Å². The summed E-state index contributed by atoms with van der Waals surface area (Å²) in [5.41, 5.74) is 1.56. The van der Waals surface area contributed by atoms with Crippen molar-refractivity contribution in [3.05, 3.63) is 45.9 Å². The summed E-state index contributed by atoms with van der Waals surface area (Å²) in [7, 11) is -3.59. The number of carbonyl (C=O) groups is 1. The van der Waals surface area contributed by atoms with Crippen molar-refractivity contribution >= 4 is 27.3 Å². The van der Waals surface area contributed by atoms with Gasteiger partial charge in [-0.1, -0.05) is 12.1 Å². The van der Waals surface area contributed by atoms with E-state index in [2.05, 4.69) is 0 Å². The van der Waals surface area contributed by atoms with E-state index >= 15 is 0 Å². The molecule has 0 fully saturated rings. The van der Waals surface area contributed by atoms with Crippen LogP contribution in [-0.2, 0) is 10.0 Å². The second-order valence-electron chi connectivity index (χ2n) is 4.29. The van der Waals surface area contributed by atoms with Crippen LogP contribution in [0.5, 0.6) is 0 Å². The van der Waals surface area contributed by atoms with Crippen molar-refractivity contribution in [2.24, 2.45) is 0 Å². The van der Waals surface area contributed by atoms with Gasteiger partial charge in [0.05, 0.1) is 11.1 Å². The van der Waals surface area contributed by atoms with Crippen LogP contribution in [0, 0.1) is 12.7 Å². The first-order valence-corrected chi connectivity index (χ1v) is 8.35. The lowest BCUT2D eigenvalue weighted by atomic mass is 10.1. The summed E-state index contributed by atoms with van der Waals surface area (Å²) in [5.74, 6) is -0.995. The van der Waals surface area contributed by atoms with E-state index in [4.69, 9.17) is 0 Å². The fourth-order valence-electron chi connectivity index (χ4n) is 1.73. The van der Waals surface area contributed by atoms with E-state index in [1.807, 2.05) is 11.6 Å². The number of hydrogen-bond acceptors (Lipinski definition) is 4. The van der Waals surface area contributed by atoms with E-state index in [0.29, 0.717) is 4.88 Å². The molecule has 1 heterocycles. The highest BCUT2D eigenvalue weighted by Gasteiger charge is 2.16. The summed E-state index contributed by atoms with van der Waals surface area (Å²) in [6.07, 6.45) is 0.923. The maximum Gasteiger partial charge on any atom is 0.274 e. The number of aryl methyl sites for hydroxylation is 1. The zero-order valence-electron chi connectivity index (χ0n) is 10.8. The van der Waals surface area contributed by atoms with Gasteiger partial charge in [-0.05, 0) is 36.2 Å². The van der Waals surface area contributed by atoms with Gasteiger partial charge in [-0.25, -0.2) is 17.5 Å². The van der Waals surface area contributed by atoms with Crippen molar-refractivity contribution in [1.29, 1.82) is 0 Å². The van der Waals surface area contributed by atoms with Crippen molar-refractivity contribution < 1.29 is 17.6 Å². The predicted octanol–water partition coefficient (Wildman–Crippen LogP) is 2.55. The minimum Gasteiger partial charge on any atom is -0.267 e. The van der Waals surface area contributed by atoms with Gasteiger partial charge in [0.2, 0.25) is 10.0 Å². The predicted molar refractivity (Wildman–Crippen MR) is 76.8 cm³/mol. The molecule has 1 aromatic heterocycles. The van der Waals surface area contributed by atoms with Crippen molar-refractivity contribution in [3.63, 3.8) is 0 Å². The van der Waals surface area contributed by atoms with Gasteiger partial charge in [0.15, 0.2) is 0 Å². The fourth-order valence-corrected chi connectivity index (χ4v) is 3.18. The van der Waals surface area contributed by atoms with Crippen LogP contribution in [0.25, 0.3) is 11.1 Å². The molecule has 0 aliphatic heterocycles. The van der Waals surface area contributed by atoms with Crippen molar-refractivity contribution in [2.75, 3.05) is 6.26 Å². The molecule has 0 aliphatic carbocycles. The number of halogens is 1.